The summed E-state index contributed by atoms with van der Waals surface area (Å²) < 4.78 is 0. The Labute approximate surface area is 173 Å². The lowest BCUT2D eigenvalue weighted by Gasteiger charge is -2.33. The molecule has 3 heterocycles. The van der Waals surface area contributed by atoms with E-state index in [1.807, 2.05) is 50.1 Å². The van der Waals surface area contributed by atoms with Crippen molar-refractivity contribution in [3.63, 3.8) is 0 Å². The van der Waals surface area contributed by atoms with Gasteiger partial charge < -0.3 is 14.8 Å². The number of likely N-dealkylation sites (N-methyl/N-ethyl adjacent to an activating group) is 1. The van der Waals surface area contributed by atoms with Crippen LogP contribution in [0.3, 0.4) is 0 Å². The molecule has 2 aromatic heterocycles. The number of aromatic nitrogens is 2. The molecule has 1 N–H and O–H groups in total. The monoisotopic (exact) mass is 396 g/mol. The lowest BCUT2D eigenvalue weighted by Crippen LogP contribution is -2.40. The van der Waals surface area contributed by atoms with Crippen LogP contribution in [0.2, 0.25) is 0 Å². The van der Waals surface area contributed by atoms with Crippen LogP contribution in [-0.2, 0) is 11.2 Å². The first-order chi connectivity index (χ1) is 13.9. The molecular formula is C23H32N4O2. The van der Waals surface area contributed by atoms with Gasteiger partial charge in [-0.15, -0.1) is 0 Å². The first kappa shape index (κ1) is 21.1. The topological polar surface area (TPSA) is 69.3 Å². The molecule has 29 heavy (non-hydrogen) atoms. The highest BCUT2D eigenvalue weighted by Crippen LogP contribution is 2.23. The summed E-state index contributed by atoms with van der Waals surface area (Å²) in [5.41, 5.74) is 3.72. The highest BCUT2D eigenvalue weighted by Gasteiger charge is 2.26. The van der Waals surface area contributed by atoms with E-state index in [9.17, 15) is 9.59 Å². The van der Waals surface area contributed by atoms with Crippen molar-refractivity contribution in [1.82, 2.24) is 19.8 Å². The zero-order valence-corrected chi connectivity index (χ0v) is 17.8. The van der Waals surface area contributed by atoms with E-state index in [1.54, 1.807) is 11.1 Å². The molecule has 0 radical (unpaired) electrons. The number of aromatic amines is 1. The van der Waals surface area contributed by atoms with E-state index in [4.69, 9.17) is 0 Å². The number of H-pyrrole nitrogens is 1. The van der Waals surface area contributed by atoms with E-state index in [0.717, 1.165) is 55.7 Å². The zero-order chi connectivity index (χ0) is 20.8. The molecule has 2 aromatic rings. The van der Waals surface area contributed by atoms with E-state index >= 15 is 0 Å². The maximum Gasteiger partial charge on any atom is 0.270 e. The van der Waals surface area contributed by atoms with Crippen molar-refractivity contribution in [2.24, 2.45) is 5.92 Å². The smallest absolute Gasteiger partial charge is 0.270 e. The fourth-order valence-electron chi connectivity index (χ4n) is 4.07. The minimum absolute atomic E-state index is 0.0825. The van der Waals surface area contributed by atoms with Gasteiger partial charge in [0, 0.05) is 57.1 Å². The number of nitrogens with one attached hydrogen (secondary N) is 1. The number of pyridine rings is 1. The molecule has 0 bridgehead atoms. The van der Waals surface area contributed by atoms with Gasteiger partial charge in [-0.2, -0.15) is 0 Å². The van der Waals surface area contributed by atoms with Crippen molar-refractivity contribution < 1.29 is 9.59 Å². The van der Waals surface area contributed by atoms with Crippen LogP contribution in [0.25, 0.3) is 0 Å². The average molecular weight is 397 g/mol. The van der Waals surface area contributed by atoms with Crippen molar-refractivity contribution in [1.29, 1.82) is 0 Å². The first-order valence-electron chi connectivity index (χ1n) is 10.5. The van der Waals surface area contributed by atoms with Crippen LogP contribution in [0, 0.1) is 19.8 Å². The molecule has 1 fully saturated rings. The summed E-state index contributed by atoms with van der Waals surface area (Å²) in [4.78, 5) is 36.6. The number of amides is 2. The average Bonchev–Trinajstić information content (AvgIpc) is 3.08. The van der Waals surface area contributed by atoms with Crippen LogP contribution in [0.5, 0.6) is 0 Å². The predicted molar refractivity (Wildman–Crippen MR) is 114 cm³/mol. The minimum atomic E-state index is 0.0825. The van der Waals surface area contributed by atoms with Gasteiger partial charge in [0.1, 0.15) is 5.69 Å². The Bertz CT molecular complexity index is 831. The number of aryl methyl sites for hydroxylation is 2. The van der Waals surface area contributed by atoms with Gasteiger partial charge in [-0.05, 0) is 62.8 Å². The third kappa shape index (κ3) is 5.68. The number of piperidine rings is 1. The molecule has 1 aliphatic heterocycles. The molecule has 6 nitrogen and oxygen atoms in total. The van der Waals surface area contributed by atoms with Crippen molar-refractivity contribution in [2.75, 3.05) is 26.7 Å². The van der Waals surface area contributed by atoms with Crippen molar-refractivity contribution >= 4 is 11.8 Å². The maximum absolute atomic E-state index is 12.9. The molecule has 2 amide bonds. The fraction of sp³-hybridized carbons (Fsp3) is 0.522. The Morgan fingerprint density at radius 2 is 2.14 bits per heavy atom. The molecule has 1 atom stereocenters. The largest absolute Gasteiger partial charge is 0.354 e. The number of carbonyl (C=O) groups is 2. The first-order valence-corrected chi connectivity index (χ1v) is 10.5. The number of carbonyl (C=O) groups excluding carboxylic acids is 2. The quantitative estimate of drug-likeness (QED) is 0.780. The molecule has 0 aromatic carbocycles. The number of hydrogen-bond donors (Lipinski definition) is 1. The molecule has 6 heteroatoms. The van der Waals surface area contributed by atoms with Crippen LogP contribution in [0.1, 0.15) is 53.1 Å². The van der Waals surface area contributed by atoms with Crippen molar-refractivity contribution in [3.8, 4) is 0 Å². The fourth-order valence-corrected chi connectivity index (χ4v) is 4.07. The highest BCUT2D eigenvalue weighted by molar-refractivity contribution is 5.94. The number of rotatable bonds is 7. The van der Waals surface area contributed by atoms with Gasteiger partial charge in [-0.25, -0.2) is 0 Å². The summed E-state index contributed by atoms with van der Waals surface area (Å²) in [6.07, 6.45) is 5.99. The third-order valence-electron chi connectivity index (χ3n) is 5.79. The lowest BCUT2D eigenvalue weighted by atomic mass is 9.93. The lowest BCUT2D eigenvalue weighted by molar-refractivity contribution is -0.130. The summed E-state index contributed by atoms with van der Waals surface area (Å²) in [5, 5.41) is 0. The van der Waals surface area contributed by atoms with Gasteiger partial charge in [0.15, 0.2) is 0 Å². The molecule has 1 unspecified atom stereocenters. The second-order valence-corrected chi connectivity index (χ2v) is 8.19. The van der Waals surface area contributed by atoms with Gasteiger partial charge >= 0.3 is 0 Å². The van der Waals surface area contributed by atoms with Crippen LogP contribution in [-0.4, -0.2) is 58.3 Å². The van der Waals surface area contributed by atoms with Crippen molar-refractivity contribution in [2.45, 2.75) is 46.0 Å². The maximum atomic E-state index is 12.9. The SMILES string of the molecule is Cc1cc(C)c(C(=O)N2CCCC(CCC(=O)N(C)CCc3ccccn3)C2)[nH]1. The van der Waals surface area contributed by atoms with E-state index in [-0.39, 0.29) is 11.8 Å². The van der Waals surface area contributed by atoms with Crippen LogP contribution in [0.15, 0.2) is 30.5 Å². The number of likely N-dealkylation sites (tertiary alicyclic amines) is 1. The zero-order valence-electron chi connectivity index (χ0n) is 17.8. The molecule has 1 saturated heterocycles. The molecule has 0 saturated carbocycles. The second kappa shape index (κ2) is 9.72. The normalized spacial score (nSPS) is 16.7. The van der Waals surface area contributed by atoms with Crippen LogP contribution >= 0.6 is 0 Å². The summed E-state index contributed by atoms with van der Waals surface area (Å²) >= 11 is 0. The van der Waals surface area contributed by atoms with Gasteiger partial charge in [0.2, 0.25) is 5.91 Å². The summed E-state index contributed by atoms with van der Waals surface area (Å²) in [5.74, 6) is 0.636. The van der Waals surface area contributed by atoms with E-state index in [0.29, 0.717) is 24.6 Å². The van der Waals surface area contributed by atoms with Gasteiger partial charge in [-0.3, -0.25) is 14.6 Å². The summed E-state index contributed by atoms with van der Waals surface area (Å²) in [6.45, 7) is 6.15. The van der Waals surface area contributed by atoms with Crippen molar-refractivity contribution in [3.05, 3.63) is 53.1 Å². The second-order valence-electron chi connectivity index (χ2n) is 8.19. The number of hydrogen-bond acceptors (Lipinski definition) is 3. The van der Waals surface area contributed by atoms with Crippen LogP contribution in [0.4, 0.5) is 0 Å². The van der Waals surface area contributed by atoms with E-state index < -0.39 is 0 Å². The third-order valence-corrected chi connectivity index (χ3v) is 5.79. The predicted octanol–water partition coefficient (Wildman–Crippen LogP) is 3.36. The van der Waals surface area contributed by atoms with Gasteiger partial charge in [0.05, 0.1) is 0 Å². The van der Waals surface area contributed by atoms with Gasteiger partial charge in [-0.1, -0.05) is 6.07 Å². The molecule has 156 valence electrons. The van der Waals surface area contributed by atoms with Gasteiger partial charge in [0.25, 0.3) is 5.91 Å². The van der Waals surface area contributed by atoms with E-state index in [1.165, 1.54) is 0 Å². The Morgan fingerprint density at radius 3 is 2.83 bits per heavy atom. The van der Waals surface area contributed by atoms with Crippen LogP contribution < -0.4 is 0 Å². The number of nitrogens with zero attached hydrogens (tertiary/aromatic N) is 3. The Hall–Kier alpha value is -2.63. The highest BCUT2D eigenvalue weighted by atomic mass is 16.2. The standard InChI is InChI=1S/C23H32N4O2/c1-17-15-18(2)25-22(17)23(29)27-13-6-7-19(16-27)9-10-21(28)26(3)14-11-20-8-4-5-12-24-20/h4-5,8,12,15,19,25H,6-7,9-11,13-14,16H2,1-3H3. The Balaban J connectivity index is 1.45. The Kier molecular flexibility index (Phi) is 7.07. The summed E-state index contributed by atoms with van der Waals surface area (Å²) in [7, 11) is 1.86. The van der Waals surface area contributed by atoms with E-state index in [2.05, 4.69) is 9.97 Å². The molecule has 0 aliphatic carbocycles. The Morgan fingerprint density at radius 1 is 1.31 bits per heavy atom. The summed E-state index contributed by atoms with van der Waals surface area (Å²) in [6, 6.07) is 7.86. The minimum Gasteiger partial charge on any atom is -0.354 e. The molecule has 0 spiro atoms. The molecular weight excluding hydrogens is 364 g/mol. The molecule has 1 aliphatic rings. The molecule has 3 rings (SSSR count).